The Bertz CT molecular complexity index is 606. The van der Waals surface area contributed by atoms with Crippen LogP contribution in [0.4, 0.5) is 5.82 Å². The molecule has 0 radical (unpaired) electrons. The van der Waals surface area contributed by atoms with Gasteiger partial charge >= 0.3 is 5.69 Å². The fourth-order valence-electron chi connectivity index (χ4n) is 2.01. The molecule has 1 N–H and O–H groups in total. The highest BCUT2D eigenvalue weighted by atomic mass is 35.5. The van der Waals surface area contributed by atoms with Crippen LogP contribution in [0.15, 0.2) is 10.9 Å². The third kappa shape index (κ3) is 3.07. The molecule has 0 fully saturated rings. The molecule has 0 unspecified atom stereocenters. The molecule has 2 rings (SSSR count). The molecule has 19 heavy (non-hydrogen) atoms. The van der Waals surface area contributed by atoms with Crippen LogP contribution in [0.25, 0.3) is 5.65 Å². The van der Waals surface area contributed by atoms with Gasteiger partial charge in [0.15, 0.2) is 5.65 Å². The van der Waals surface area contributed by atoms with Crippen molar-refractivity contribution in [2.75, 3.05) is 24.4 Å². The van der Waals surface area contributed by atoms with Gasteiger partial charge in [-0.15, -0.1) is 11.6 Å². The number of H-pyrrole nitrogens is 1. The molecule has 2 aromatic heterocycles. The zero-order valence-corrected chi connectivity index (χ0v) is 11.9. The van der Waals surface area contributed by atoms with Gasteiger partial charge in [-0.05, 0) is 19.8 Å². The predicted molar refractivity (Wildman–Crippen MR) is 76.2 cm³/mol. The molecular formula is C12H18ClN5O. The van der Waals surface area contributed by atoms with Crippen LogP contribution in [-0.4, -0.2) is 39.1 Å². The topological polar surface area (TPSA) is 66.3 Å². The summed E-state index contributed by atoms with van der Waals surface area (Å²) in [7, 11) is 1.99. The van der Waals surface area contributed by atoms with Gasteiger partial charge in [0, 0.05) is 25.5 Å². The molecule has 7 heteroatoms. The Labute approximate surface area is 116 Å². The van der Waals surface area contributed by atoms with Gasteiger partial charge in [0.1, 0.15) is 11.6 Å². The quantitative estimate of drug-likeness (QED) is 0.645. The van der Waals surface area contributed by atoms with E-state index in [1.807, 2.05) is 13.1 Å². The number of hydrogen-bond donors (Lipinski definition) is 1. The second kappa shape index (κ2) is 6.06. The van der Waals surface area contributed by atoms with Crippen molar-refractivity contribution in [3.63, 3.8) is 0 Å². The minimum Gasteiger partial charge on any atom is -0.360 e. The van der Waals surface area contributed by atoms with Crippen LogP contribution in [0.3, 0.4) is 0 Å². The molecular weight excluding hydrogens is 266 g/mol. The third-order valence-electron chi connectivity index (χ3n) is 3.07. The van der Waals surface area contributed by atoms with Gasteiger partial charge in [0.2, 0.25) is 0 Å². The number of unbranched alkanes of at least 4 members (excludes halogenated alkanes) is 2. The third-order valence-corrected chi connectivity index (χ3v) is 3.34. The summed E-state index contributed by atoms with van der Waals surface area (Å²) in [4.78, 5) is 18.0. The molecule has 2 aromatic rings. The summed E-state index contributed by atoms with van der Waals surface area (Å²) in [6.45, 7) is 2.71. The van der Waals surface area contributed by atoms with E-state index in [9.17, 15) is 4.79 Å². The number of hydrogen-bond acceptors (Lipinski definition) is 4. The highest BCUT2D eigenvalue weighted by molar-refractivity contribution is 6.17. The van der Waals surface area contributed by atoms with Gasteiger partial charge < -0.3 is 4.90 Å². The zero-order valence-electron chi connectivity index (χ0n) is 11.2. The lowest BCUT2D eigenvalue weighted by atomic mass is 10.2. The number of nitrogens with zero attached hydrogens (tertiary/aromatic N) is 4. The molecule has 0 saturated heterocycles. The van der Waals surface area contributed by atoms with E-state index >= 15 is 0 Å². The maximum atomic E-state index is 11.5. The number of aromatic amines is 1. The number of aromatic nitrogens is 4. The van der Waals surface area contributed by atoms with Crippen LogP contribution in [0, 0.1) is 6.92 Å². The van der Waals surface area contributed by atoms with E-state index < -0.39 is 0 Å². The largest absolute Gasteiger partial charge is 0.360 e. The number of fused-ring (bicyclic) bond motifs is 1. The predicted octanol–water partition coefficient (Wildman–Crippen LogP) is 1.57. The Balaban J connectivity index is 2.14. The summed E-state index contributed by atoms with van der Waals surface area (Å²) in [5.74, 6) is 2.18. The van der Waals surface area contributed by atoms with Crippen LogP contribution < -0.4 is 10.6 Å². The van der Waals surface area contributed by atoms with Crippen molar-refractivity contribution < 1.29 is 0 Å². The number of alkyl halides is 1. The molecule has 0 spiro atoms. The molecule has 2 heterocycles. The summed E-state index contributed by atoms with van der Waals surface area (Å²) < 4.78 is 1.46. The van der Waals surface area contributed by atoms with E-state index in [4.69, 9.17) is 11.6 Å². The molecule has 0 aliphatic heterocycles. The Kier molecular flexibility index (Phi) is 4.42. The Hall–Kier alpha value is -1.56. The molecule has 0 atom stereocenters. The fraction of sp³-hybridized carbons (Fsp3) is 0.583. The van der Waals surface area contributed by atoms with Crippen LogP contribution in [0.2, 0.25) is 0 Å². The standard InChI is InChI=1S/C12H18ClN5O/c1-9-14-10(17(2)7-5-3-4-6-13)8-11-15-16-12(19)18(9)11/h8H,3-7H2,1-2H3,(H,16,19). The average Bonchev–Trinajstić information content (AvgIpc) is 2.76. The van der Waals surface area contributed by atoms with Crippen molar-refractivity contribution in [3.8, 4) is 0 Å². The summed E-state index contributed by atoms with van der Waals surface area (Å²) in [6.07, 6.45) is 3.22. The maximum Gasteiger partial charge on any atom is 0.349 e. The van der Waals surface area contributed by atoms with E-state index in [0.717, 1.165) is 31.6 Å². The summed E-state index contributed by atoms with van der Waals surface area (Å²) in [5.41, 5.74) is 0.344. The lowest BCUT2D eigenvalue weighted by Crippen LogP contribution is -2.21. The molecule has 0 amide bonds. The minimum atomic E-state index is -0.253. The van der Waals surface area contributed by atoms with Crippen molar-refractivity contribution in [2.24, 2.45) is 0 Å². The fourth-order valence-corrected chi connectivity index (χ4v) is 2.20. The van der Waals surface area contributed by atoms with Crippen LogP contribution in [0.5, 0.6) is 0 Å². The Morgan fingerprint density at radius 3 is 2.95 bits per heavy atom. The molecule has 0 aliphatic carbocycles. The number of anilines is 1. The number of nitrogens with one attached hydrogen (secondary N) is 1. The Morgan fingerprint density at radius 1 is 1.42 bits per heavy atom. The smallest absolute Gasteiger partial charge is 0.349 e. The Morgan fingerprint density at radius 2 is 2.21 bits per heavy atom. The maximum absolute atomic E-state index is 11.5. The summed E-state index contributed by atoms with van der Waals surface area (Å²) in [5, 5.41) is 6.40. The van der Waals surface area contributed by atoms with E-state index in [-0.39, 0.29) is 5.69 Å². The highest BCUT2D eigenvalue weighted by Gasteiger charge is 2.09. The van der Waals surface area contributed by atoms with Crippen molar-refractivity contribution >= 4 is 23.1 Å². The highest BCUT2D eigenvalue weighted by Crippen LogP contribution is 2.13. The summed E-state index contributed by atoms with van der Waals surface area (Å²) in [6, 6.07) is 1.81. The van der Waals surface area contributed by atoms with Gasteiger partial charge in [-0.1, -0.05) is 6.42 Å². The first-order valence-electron chi connectivity index (χ1n) is 6.35. The lowest BCUT2D eigenvalue weighted by Gasteiger charge is -2.18. The molecule has 0 bridgehead atoms. The van der Waals surface area contributed by atoms with E-state index in [1.54, 1.807) is 6.92 Å². The SMILES string of the molecule is Cc1nc(N(C)CCCCCCl)cc2n[nH]c(=O)n12. The number of rotatable bonds is 6. The average molecular weight is 284 g/mol. The zero-order chi connectivity index (χ0) is 13.8. The van der Waals surface area contributed by atoms with Crippen LogP contribution >= 0.6 is 11.6 Å². The van der Waals surface area contributed by atoms with Gasteiger partial charge in [-0.3, -0.25) is 0 Å². The molecule has 104 valence electrons. The monoisotopic (exact) mass is 283 g/mol. The molecule has 0 aromatic carbocycles. The lowest BCUT2D eigenvalue weighted by molar-refractivity contribution is 0.702. The van der Waals surface area contributed by atoms with Gasteiger partial charge in [-0.2, -0.15) is 5.10 Å². The number of aryl methyl sites for hydroxylation is 1. The van der Waals surface area contributed by atoms with Gasteiger partial charge in [-0.25, -0.2) is 19.3 Å². The van der Waals surface area contributed by atoms with Gasteiger partial charge in [0.25, 0.3) is 0 Å². The molecule has 6 nitrogen and oxygen atoms in total. The number of halogens is 1. The van der Waals surface area contributed by atoms with Crippen molar-refractivity contribution in [2.45, 2.75) is 26.2 Å². The molecule has 0 aliphatic rings. The second-order valence-corrected chi connectivity index (χ2v) is 4.93. The van der Waals surface area contributed by atoms with E-state index in [1.165, 1.54) is 4.40 Å². The van der Waals surface area contributed by atoms with Crippen molar-refractivity contribution in [3.05, 3.63) is 22.4 Å². The minimum absolute atomic E-state index is 0.253. The normalized spacial score (nSPS) is 11.1. The summed E-state index contributed by atoms with van der Waals surface area (Å²) >= 11 is 5.65. The first-order chi connectivity index (χ1) is 9.13. The van der Waals surface area contributed by atoms with E-state index in [2.05, 4.69) is 20.1 Å². The second-order valence-electron chi connectivity index (χ2n) is 4.56. The molecule has 0 saturated carbocycles. The first kappa shape index (κ1) is 13.9. The van der Waals surface area contributed by atoms with Crippen LogP contribution in [0.1, 0.15) is 25.1 Å². The first-order valence-corrected chi connectivity index (χ1v) is 6.89. The van der Waals surface area contributed by atoms with Crippen molar-refractivity contribution in [1.29, 1.82) is 0 Å². The van der Waals surface area contributed by atoms with Crippen molar-refractivity contribution in [1.82, 2.24) is 19.6 Å². The van der Waals surface area contributed by atoms with E-state index in [0.29, 0.717) is 17.4 Å². The van der Waals surface area contributed by atoms with Crippen LogP contribution in [-0.2, 0) is 0 Å². The van der Waals surface area contributed by atoms with Gasteiger partial charge in [0.05, 0.1) is 0 Å².